The summed E-state index contributed by atoms with van der Waals surface area (Å²) in [6, 6.07) is 9.66. The fourth-order valence-electron chi connectivity index (χ4n) is 1.70. The number of anilines is 1. The highest BCUT2D eigenvalue weighted by molar-refractivity contribution is 5.64. The van der Waals surface area contributed by atoms with Crippen LogP contribution in [0.2, 0.25) is 0 Å². The first-order valence-electron chi connectivity index (χ1n) is 6.14. The monoisotopic (exact) mass is 243 g/mol. The lowest BCUT2D eigenvalue weighted by atomic mass is 10.2. The molecule has 1 N–H and O–H groups in total. The van der Waals surface area contributed by atoms with E-state index in [0.717, 1.165) is 23.7 Å². The molecular weight excluding hydrogens is 226 g/mol. The van der Waals surface area contributed by atoms with Gasteiger partial charge in [0, 0.05) is 12.7 Å². The maximum absolute atomic E-state index is 5.59. The standard InChI is InChI=1S/C14H17N3O/c1-3-15-13-9-10-16-14(17-13)11-7-5-6-8-12(11)18-4-2/h5-10H,3-4H2,1-2H3,(H,15,16,17). The number of para-hydroxylation sites is 1. The van der Waals surface area contributed by atoms with Crippen LogP contribution in [0.25, 0.3) is 11.4 Å². The summed E-state index contributed by atoms with van der Waals surface area (Å²) in [4.78, 5) is 8.78. The zero-order chi connectivity index (χ0) is 12.8. The summed E-state index contributed by atoms with van der Waals surface area (Å²) < 4.78 is 5.59. The van der Waals surface area contributed by atoms with Gasteiger partial charge in [-0.05, 0) is 32.0 Å². The number of ether oxygens (including phenoxy) is 1. The molecule has 2 rings (SSSR count). The van der Waals surface area contributed by atoms with E-state index in [1.807, 2.05) is 44.2 Å². The van der Waals surface area contributed by atoms with Gasteiger partial charge in [-0.15, -0.1) is 0 Å². The molecule has 0 bridgehead atoms. The molecule has 0 spiro atoms. The highest BCUT2D eigenvalue weighted by atomic mass is 16.5. The molecule has 0 aliphatic carbocycles. The average Bonchev–Trinajstić information content (AvgIpc) is 2.40. The predicted molar refractivity (Wildman–Crippen MR) is 72.8 cm³/mol. The van der Waals surface area contributed by atoms with Crippen LogP contribution >= 0.6 is 0 Å². The highest BCUT2D eigenvalue weighted by Crippen LogP contribution is 2.27. The van der Waals surface area contributed by atoms with Crippen LogP contribution in [0.15, 0.2) is 36.5 Å². The summed E-state index contributed by atoms with van der Waals surface area (Å²) in [7, 11) is 0. The van der Waals surface area contributed by atoms with Gasteiger partial charge in [0.05, 0.1) is 12.2 Å². The third-order valence-electron chi connectivity index (χ3n) is 2.44. The summed E-state index contributed by atoms with van der Waals surface area (Å²) in [6.07, 6.45) is 1.75. The van der Waals surface area contributed by atoms with Crippen LogP contribution in [-0.4, -0.2) is 23.1 Å². The minimum Gasteiger partial charge on any atom is -0.493 e. The van der Waals surface area contributed by atoms with Gasteiger partial charge in [0.15, 0.2) is 5.82 Å². The maximum Gasteiger partial charge on any atom is 0.165 e. The molecule has 0 radical (unpaired) electrons. The minimum atomic E-state index is 0.629. The SMILES string of the molecule is CCNc1ccnc(-c2ccccc2OCC)n1. The Hall–Kier alpha value is -2.10. The van der Waals surface area contributed by atoms with E-state index in [4.69, 9.17) is 4.74 Å². The lowest BCUT2D eigenvalue weighted by molar-refractivity contribution is 0.341. The smallest absolute Gasteiger partial charge is 0.165 e. The van der Waals surface area contributed by atoms with Crippen molar-refractivity contribution in [2.45, 2.75) is 13.8 Å². The van der Waals surface area contributed by atoms with Crippen molar-refractivity contribution in [2.75, 3.05) is 18.5 Å². The van der Waals surface area contributed by atoms with E-state index in [1.165, 1.54) is 0 Å². The number of rotatable bonds is 5. The molecule has 0 amide bonds. The Kier molecular flexibility index (Phi) is 4.12. The van der Waals surface area contributed by atoms with E-state index >= 15 is 0 Å². The molecule has 0 fully saturated rings. The largest absolute Gasteiger partial charge is 0.493 e. The molecule has 0 aliphatic heterocycles. The van der Waals surface area contributed by atoms with Gasteiger partial charge in [-0.3, -0.25) is 0 Å². The van der Waals surface area contributed by atoms with Crippen molar-refractivity contribution in [3.05, 3.63) is 36.5 Å². The van der Waals surface area contributed by atoms with Gasteiger partial charge in [0.2, 0.25) is 0 Å². The van der Waals surface area contributed by atoms with Crippen LogP contribution in [0.4, 0.5) is 5.82 Å². The fourth-order valence-corrected chi connectivity index (χ4v) is 1.70. The molecule has 0 aliphatic rings. The van der Waals surface area contributed by atoms with Crippen molar-refractivity contribution >= 4 is 5.82 Å². The Balaban J connectivity index is 2.38. The van der Waals surface area contributed by atoms with Crippen molar-refractivity contribution < 1.29 is 4.74 Å². The molecular formula is C14H17N3O. The Bertz CT molecular complexity index is 514. The third kappa shape index (κ3) is 2.77. The maximum atomic E-state index is 5.59. The summed E-state index contributed by atoms with van der Waals surface area (Å²) in [5.41, 5.74) is 0.916. The highest BCUT2D eigenvalue weighted by Gasteiger charge is 2.08. The molecule has 94 valence electrons. The lowest BCUT2D eigenvalue weighted by Crippen LogP contribution is -2.02. The number of hydrogen-bond acceptors (Lipinski definition) is 4. The van der Waals surface area contributed by atoms with Crippen LogP contribution in [-0.2, 0) is 0 Å². The second-order valence-electron chi connectivity index (χ2n) is 3.72. The molecule has 1 aromatic carbocycles. The first-order chi connectivity index (χ1) is 8.85. The Morgan fingerprint density at radius 2 is 2.00 bits per heavy atom. The van der Waals surface area contributed by atoms with Gasteiger partial charge in [0.25, 0.3) is 0 Å². The van der Waals surface area contributed by atoms with Gasteiger partial charge in [0.1, 0.15) is 11.6 Å². The quantitative estimate of drug-likeness (QED) is 0.877. The summed E-state index contributed by atoms with van der Waals surface area (Å²) in [5, 5.41) is 3.18. The number of hydrogen-bond donors (Lipinski definition) is 1. The second kappa shape index (κ2) is 6.00. The molecule has 1 aromatic heterocycles. The van der Waals surface area contributed by atoms with Gasteiger partial charge in [-0.2, -0.15) is 0 Å². The number of benzene rings is 1. The first kappa shape index (κ1) is 12.4. The second-order valence-corrected chi connectivity index (χ2v) is 3.72. The van der Waals surface area contributed by atoms with Crippen molar-refractivity contribution in [1.29, 1.82) is 0 Å². The van der Waals surface area contributed by atoms with Crippen LogP contribution < -0.4 is 10.1 Å². The van der Waals surface area contributed by atoms with E-state index in [-0.39, 0.29) is 0 Å². The van der Waals surface area contributed by atoms with Crippen molar-refractivity contribution in [3.8, 4) is 17.1 Å². The van der Waals surface area contributed by atoms with Crippen molar-refractivity contribution in [2.24, 2.45) is 0 Å². The van der Waals surface area contributed by atoms with E-state index in [1.54, 1.807) is 6.20 Å². The topological polar surface area (TPSA) is 47.0 Å². The number of nitrogens with zero attached hydrogens (tertiary/aromatic N) is 2. The molecule has 0 saturated carbocycles. The molecule has 0 atom stereocenters. The molecule has 4 heteroatoms. The normalized spacial score (nSPS) is 10.1. The van der Waals surface area contributed by atoms with E-state index < -0.39 is 0 Å². The minimum absolute atomic E-state index is 0.629. The van der Waals surface area contributed by atoms with Gasteiger partial charge in [-0.25, -0.2) is 9.97 Å². The molecule has 1 heterocycles. The first-order valence-corrected chi connectivity index (χ1v) is 6.14. The van der Waals surface area contributed by atoms with Gasteiger partial charge >= 0.3 is 0 Å². The van der Waals surface area contributed by atoms with Crippen LogP contribution in [0.1, 0.15) is 13.8 Å². The van der Waals surface area contributed by atoms with Crippen LogP contribution in [0, 0.1) is 0 Å². The van der Waals surface area contributed by atoms with Crippen molar-refractivity contribution in [3.63, 3.8) is 0 Å². The lowest BCUT2D eigenvalue weighted by Gasteiger charge is -2.09. The molecule has 4 nitrogen and oxygen atoms in total. The zero-order valence-electron chi connectivity index (χ0n) is 10.7. The summed E-state index contributed by atoms with van der Waals surface area (Å²) >= 11 is 0. The Morgan fingerprint density at radius 3 is 2.78 bits per heavy atom. The van der Waals surface area contributed by atoms with E-state index in [2.05, 4.69) is 15.3 Å². The Labute approximate surface area is 107 Å². The number of aromatic nitrogens is 2. The van der Waals surface area contributed by atoms with Gasteiger partial charge < -0.3 is 10.1 Å². The van der Waals surface area contributed by atoms with E-state index in [0.29, 0.717) is 12.4 Å². The predicted octanol–water partition coefficient (Wildman–Crippen LogP) is 2.97. The Morgan fingerprint density at radius 1 is 1.17 bits per heavy atom. The molecule has 18 heavy (non-hydrogen) atoms. The summed E-state index contributed by atoms with van der Waals surface area (Å²) in [6.45, 7) is 5.47. The summed E-state index contributed by atoms with van der Waals surface area (Å²) in [5.74, 6) is 2.32. The van der Waals surface area contributed by atoms with Crippen LogP contribution in [0.3, 0.4) is 0 Å². The molecule has 0 unspecified atom stereocenters. The fraction of sp³-hybridized carbons (Fsp3) is 0.286. The van der Waals surface area contributed by atoms with Crippen molar-refractivity contribution in [1.82, 2.24) is 9.97 Å². The average molecular weight is 243 g/mol. The van der Waals surface area contributed by atoms with Gasteiger partial charge in [-0.1, -0.05) is 12.1 Å². The molecule has 2 aromatic rings. The molecule has 0 saturated heterocycles. The number of nitrogens with one attached hydrogen (secondary N) is 1. The zero-order valence-corrected chi connectivity index (χ0v) is 10.7. The third-order valence-corrected chi connectivity index (χ3v) is 2.44. The van der Waals surface area contributed by atoms with Crippen LogP contribution in [0.5, 0.6) is 5.75 Å². The van der Waals surface area contributed by atoms with E-state index in [9.17, 15) is 0 Å².